The molecule has 0 unspecified atom stereocenters. The molecule has 8 nitrogen and oxygen atoms in total. The number of nitrogens with zero attached hydrogens (tertiary/aromatic N) is 2. The van der Waals surface area contributed by atoms with Crippen LogP contribution in [0.5, 0.6) is 11.5 Å². The second-order valence-electron chi connectivity index (χ2n) is 9.29. The van der Waals surface area contributed by atoms with Crippen molar-refractivity contribution in [1.29, 1.82) is 0 Å². The van der Waals surface area contributed by atoms with E-state index in [2.05, 4.69) is 9.88 Å². The first-order valence-electron chi connectivity index (χ1n) is 11.4. The number of carbonyl (C=O) groups is 1. The summed E-state index contributed by atoms with van der Waals surface area (Å²) < 4.78 is 33.4. The first-order chi connectivity index (χ1) is 16.8. The third-order valence-corrected chi connectivity index (χ3v) is 6.79. The van der Waals surface area contributed by atoms with Gasteiger partial charge in [-0.05, 0) is 68.5 Å². The average Bonchev–Trinajstić information content (AvgIpc) is 3.27. The number of rotatable bonds is 12. The molecule has 0 radical (unpaired) electrons. The van der Waals surface area contributed by atoms with Crippen molar-refractivity contribution in [3.63, 3.8) is 0 Å². The number of benzene rings is 2. The van der Waals surface area contributed by atoms with Crippen LogP contribution in [0, 0.1) is 13.8 Å². The average molecular weight is 533 g/mol. The number of ether oxygens (including phenoxy) is 1. The molecule has 3 rings (SSSR count). The Bertz CT molecular complexity index is 1260. The Hall–Kier alpha value is -2.95. The molecule has 0 aliphatic heterocycles. The summed E-state index contributed by atoms with van der Waals surface area (Å²) in [5.41, 5.74) is 2.60. The lowest BCUT2D eigenvalue weighted by Gasteiger charge is -2.26. The number of hydrogen-bond donors (Lipinski definition) is 1. The third kappa shape index (κ3) is 8.04. The van der Waals surface area contributed by atoms with E-state index in [1.165, 1.54) is 13.8 Å². The van der Waals surface area contributed by atoms with Crippen LogP contribution in [0.3, 0.4) is 0 Å². The molecule has 0 saturated carbocycles. The number of aliphatic carboxylic acids is 1. The molecular weight excluding hydrogens is 500 g/mol. The van der Waals surface area contributed by atoms with Crippen molar-refractivity contribution >= 4 is 27.4 Å². The maximum Gasteiger partial charge on any atom is 0.347 e. The molecule has 0 aliphatic carbocycles. The van der Waals surface area contributed by atoms with E-state index in [-0.39, 0.29) is 0 Å². The van der Waals surface area contributed by atoms with Crippen LogP contribution in [0.15, 0.2) is 48.0 Å². The Labute approximate surface area is 216 Å². The maximum absolute atomic E-state index is 11.5. The van der Waals surface area contributed by atoms with E-state index in [0.717, 1.165) is 46.5 Å². The Morgan fingerprint density at radius 2 is 1.72 bits per heavy atom. The number of aromatic nitrogens is 1. The number of hydrogen-bond acceptors (Lipinski definition) is 8. The molecule has 194 valence electrons. The van der Waals surface area contributed by atoms with Crippen LogP contribution in [0.4, 0.5) is 0 Å². The van der Waals surface area contributed by atoms with Crippen molar-refractivity contribution in [1.82, 2.24) is 9.88 Å². The predicted octanol–water partition coefficient (Wildman–Crippen LogP) is 4.59. The van der Waals surface area contributed by atoms with Crippen molar-refractivity contribution in [2.75, 3.05) is 12.8 Å². The Kier molecular flexibility index (Phi) is 8.76. The van der Waals surface area contributed by atoms with Gasteiger partial charge in [0, 0.05) is 24.7 Å². The number of carboxylic acids is 1. The Morgan fingerprint density at radius 3 is 2.25 bits per heavy atom. The fraction of sp³-hybridized carbons (Fsp3) is 0.385. The molecule has 1 heterocycles. The first kappa shape index (κ1) is 27.6. The fourth-order valence-corrected chi connectivity index (χ4v) is 4.88. The van der Waals surface area contributed by atoms with Gasteiger partial charge in [-0.15, -0.1) is 11.3 Å². The smallest absolute Gasteiger partial charge is 0.347 e. The topological polar surface area (TPSA) is 106 Å². The van der Waals surface area contributed by atoms with Gasteiger partial charge in [-0.3, -0.25) is 4.90 Å². The van der Waals surface area contributed by atoms with E-state index in [4.69, 9.17) is 8.92 Å². The summed E-state index contributed by atoms with van der Waals surface area (Å²) in [4.78, 5) is 18.2. The van der Waals surface area contributed by atoms with Gasteiger partial charge in [0.1, 0.15) is 16.5 Å². The standard InChI is InChI=1S/C26H32N2O6S2/c1-18-14-21(15-19(2)24(18)33-26(3,4)25(29)30)16-28(17-23-27-11-13-35-23)12-10-20-6-8-22(9-7-20)34-36(5,31)32/h6-9,11,13-15H,10,12,16-17H2,1-5H3,(H,29,30). The predicted molar refractivity (Wildman–Crippen MR) is 140 cm³/mol. The van der Waals surface area contributed by atoms with Crippen LogP contribution in [-0.2, 0) is 34.4 Å². The molecular formula is C26H32N2O6S2. The van der Waals surface area contributed by atoms with Crippen LogP contribution in [-0.4, -0.2) is 47.8 Å². The van der Waals surface area contributed by atoms with Gasteiger partial charge in [0.25, 0.3) is 0 Å². The molecule has 3 aromatic rings. The maximum atomic E-state index is 11.5. The molecule has 0 saturated heterocycles. The number of aryl methyl sites for hydroxylation is 2. The Morgan fingerprint density at radius 1 is 1.08 bits per heavy atom. The van der Waals surface area contributed by atoms with Crippen LogP contribution < -0.4 is 8.92 Å². The van der Waals surface area contributed by atoms with E-state index < -0.39 is 21.7 Å². The summed E-state index contributed by atoms with van der Waals surface area (Å²) in [6.45, 7) is 9.06. The minimum Gasteiger partial charge on any atom is -0.478 e. The van der Waals surface area contributed by atoms with Gasteiger partial charge >= 0.3 is 16.1 Å². The molecule has 0 spiro atoms. The molecule has 2 aromatic carbocycles. The van der Waals surface area contributed by atoms with Crippen molar-refractivity contribution in [2.45, 2.75) is 52.8 Å². The monoisotopic (exact) mass is 532 g/mol. The quantitative estimate of drug-likeness (QED) is 0.338. The van der Waals surface area contributed by atoms with Gasteiger partial charge in [0.15, 0.2) is 5.60 Å². The van der Waals surface area contributed by atoms with Gasteiger partial charge in [0.2, 0.25) is 0 Å². The molecule has 10 heteroatoms. The lowest BCUT2D eigenvalue weighted by atomic mass is 10.0. The summed E-state index contributed by atoms with van der Waals surface area (Å²) in [7, 11) is -3.56. The second-order valence-corrected chi connectivity index (χ2v) is 11.8. The number of thiazole rings is 1. The highest BCUT2D eigenvalue weighted by Crippen LogP contribution is 2.29. The molecule has 0 atom stereocenters. The van der Waals surface area contributed by atoms with E-state index in [9.17, 15) is 18.3 Å². The highest BCUT2D eigenvalue weighted by Gasteiger charge is 2.30. The van der Waals surface area contributed by atoms with Gasteiger partial charge in [-0.2, -0.15) is 8.42 Å². The third-order valence-electron chi connectivity index (χ3n) is 5.53. The van der Waals surface area contributed by atoms with E-state index in [1.54, 1.807) is 29.7 Å². The SMILES string of the molecule is Cc1cc(CN(CCc2ccc(OS(C)(=O)=O)cc2)Cc2nccs2)cc(C)c1OC(C)(C)C(=O)O. The summed E-state index contributed by atoms with van der Waals surface area (Å²) >= 11 is 1.61. The summed E-state index contributed by atoms with van der Waals surface area (Å²) in [6.07, 6.45) is 3.58. The summed E-state index contributed by atoms with van der Waals surface area (Å²) in [5.74, 6) is -0.134. The van der Waals surface area contributed by atoms with Crippen LogP contribution >= 0.6 is 11.3 Å². The highest BCUT2D eigenvalue weighted by atomic mass is 32.2. The van der Waals surface area contributed by atoms with Crippen LogP contribution in [0.25, 0.3) is 0 Å². The molecule has 0 fully saturated rings. The minimum absolute atomic E-state index is 0.292. The molecule has 0 bridgehead atoms. The molecule has 0 aliphatic rings. The van der Waals surface area contributed by atoms with Crippen LogP contribution in [0.1, 0.15) is 41.1 Å². The lowest BCUT2D eigenvalue weighted by molar-refractivity contribution is -0.152. The zero-order valence-electron chi connectivity index (χ0n) is 21.1. The first-order valence-corrected chi connectivity index (χ1v) is 14.1. The van der Waals surface area contributed by atoms with Crippen molar-refractivity contribution in [3.05, 3.63) is 75.2 Å². The second kappa shape index (κ2) is 11.4. The molecule has 36 heavy (non-hydrogen) atoms. The van der Waals surface area contributed by atoms with Gasteiger partial charge in [-0.1, -0.05) is 24.3 Å². The van der Waals surface area contributed by atoms with Crippen molar-refractivity contribution < 1.29 is 27.2 Å². The largest absolute Gasteiger partial charge is 0.478 e. The molecule has 1 N–H and O–H groups in total. The normalized spacial score (nSPS) is 12.1. The van der Waals surface area contributed by atoms with Crippen LogP contribution in [0.2, 0.25) is 0 Å². The number of carboxylic acid groups (broad SMARTS) is 1. The van der Waals surface area contributed by atoms with E-state index in [1.807, 2.05) is 43.5 Å². The summed E-state index contributed by atoms with van der Waals surface area (Å²) in [5, 5.41) is 12.4. The van der Waals surface area contributed by atoms with E-state index >= 15 is 0 Å². The van der Waals surface area contributed by atoms with E-state index in [0.29, 0.717) is 24.6 Å². The summed E-state index contributed by atoms with van der Waals surface area (Å²) in [6, 6.07) is 11.1. The molecule has 0 amide bonds. The zero-order chi connectivity index (χ0) is 26.5. The lowest BCUT2D eigenvalue weighted by Crippen LogP contribution is -2.38. The fourth-order valence-electron chi connectivity index (χ4n) is 3.76. The van der Waals surface area contributed by atoms with Crippen molar-refractivity contribution in [2.24, 2.45) is 0 Å². The zero-order valence-corrected chi connectivity index (χ0v) is 22.8. The van der Waals surface area contributed by atoms with Gasteiger partial charge < -0.3 is 14.0 Å². The van der Waals surface area contributed by atoms with Gasteiger partial charge in [-0.25, -0.2) is 9.78 Å². The minimum atomic E-state index is -3.56. The highest BCUT2D eigenvalue weighted by molar-refractivity contribution is 7.86. The van der Waals surface area contributed by atoms with Gasteiger partial charge in [0.05, 0.1) is 12.8 Å². The molecule has 1 aromatic heterocycles. The van der Waals surface area contributed by atoms with Crippen molar-refractivity contribution in [3.8, 4) is 11.5 Å². The Balaban J connectivity index is 1.74.